The SMILES string of the molecule is CC(COO[Si](C)(C)C(C)(C)C)ON. The molecular formula is C9H23NO3Si. The Hall–Kier alpha value is 0.0569. The molecule has 86 valence electrons. The van der Waals surface area contributed by atoms with Gasteiger partial charge in [0.2, 0.25) is 8.32 Å². The van der Waals surface area contributed by atoms with Crippen LogP contribution >= 0.6 is 0 Å². The fraction of sp³-hybridized carbons (Fsp3) is 1.00. The Morgan fingerprint density at radius 2 is 1.79 bits per heavy atom. The van der Waals surface area contributed by atoms with Crippen molar-refractivity contribution in [2.24, 2.45) is 5.90 Å². The van der Waals surface area contributed by atoms with E-state index < -0.39 is 8.32 Å². The van der Waals surface area contributed by atoms with Crippen LogP contribution in [0.15, 0.2) is 0 Å². The lowest BCUT2D eigenvalue weighted by Gasteiger charge is -2.34. The van der Waals surface area contributed by atoms with Gasteiger partial charge < -0.3 is 0 Å². The largest absolute Gasteiger partial charge is 0.299 e. The molecular weight excluding hydrogens is 198 g/mol. The van der Waals surface area contributed by atoms with Gasteiger partial charge in [-0.2, -0.15) is 0 Å². The minimum atomic E-state index is -1.80. The van der Waals surface area contributed by atoms with Gasteiger partial charge in [-0.3, -0.25) is 9.41 Å². The first-order valence-electron chi connectivity index (χ1n) is 4.87. The molecule has 0 saturated heterocycles. The van der Waals surface area contributed by atoms with Gasteiger partial charge in [0.1, 0.15) is 12.7 Å². The Labute approximate surface area is 87.7 Å². The van der Waals surface area contributed by atoms with Gasteiger partial charge in [0.05, 0.1) is 0 Å². The summed E-state index contributed by atoms with van der Waals surface area (Å²) in [5.74, 6) is 4.98. The molecule has 0 aliphatic carbocycles. The Kier molecular flexibility index (Phi) is 5.25. The summed E-state index contributed by atoms with van der Waals surface area (Å²) in [6, 6.07) is 0. The third-order valence-corrected chi connectivity index (χ3v) is 6.76. The zero-order valence-corrected chi connectivity index (χ0v) is 11.1. The van der Waals surface area contributed by atoms with Crippen molar-refractivity contribution in [1.82, 2.24) is 0 Å². The fourth-order valence-electron chi connectivity index (χ4n) is 0.441. The summed E-state index contributed by atoms with van der Waals surface area (Å²) in [7, 11) is -1.80. The minimum absolute atomic E-state index is 0.139. The summed E-state index contributed by atoms with van der Waals surface area (Å²) >= 11 is 0. The van der Waals surface area contributed by atoms with Crippen LogP contribution in [0.2, 0.25) is 18.1 Å². The van der Waals surface area contributed by atoms with Crippen LogP contribution in [0.25, 0.3) is 0 Å². The molecule has 0 aromatic heterocycles. The van der Waals surface area contributed by atoms with E-state index in [1.54, 1.807) is 0 Å². The summed E-state index contributed by atoms with van der Waals surface area (Å²) in [4.78, 5) is 9.70. The number of hydrogen-bond acceptors (Lipinski definition) is 4. The molecule has 0 heterocycles. The molecule has 0 amide bonds. The predicted octanol–water partition coefficient (Wildman–Crippen LogP) is 2.22. The second kappa shape index (κ2) is 5.23. The van der Waals surface area contributed by atoms with Gasteiger partial charge in [-0.15, -0.1) is 0 Å². The van der Waals surface area contributed by atoms with E-state index in [0.717, 1.165) is 0 Å². The smallest absolute Gasteiger partial charge is 0.238 e. The van der Waals surface area contributed by atoms with Gasteiger partial charge in [0, 0.05) is 0 Å². The average Bonchev–Trinajstić information content (AvgIpc) is 2.01. The standard InChI is InChI=1S/C9H23NO3Si/c1-8(12-10)7-11-13-14(5,6)9(2,3)4/h8H,7,10H2,1-6H3. The summed E-state index contributed by atoms with van der Waals surface area (Å²) in [6.45, 7) is 12.9. The second-order valence-corrected chi connectivity index (χ2v) is 9.76. The minimum Gasteiger partial charge on any atom is -0.299 e. The van der Waals surface area contributed by atoms with E-state index in [0.29, 0.717) is 6.61 Å². The Morgan fingerprint density at radius 3 is 2.14 bits per heavy atom. The van der Waals surface area contributed by atoms with E-state index in [-0.39, 0.29) is 11.1 Å². The predicted molar refractivity (Wildman–Crippen MR) is 59.0 cm³/mol. The van der Waals surface area contributed by atoms with E-state index in [1.807, 2.05) is 6.92 Å². The molecule has 0 rings (SSSR count). The van der Waals surface area contributed by atoms with Crippen molar-refractivity contribution in [3.8, 4) is 0 Å². The highest BCUT2D eigenvalue weighted by Gasteiger charge is 2.39. The molecule has 0 aromatic carbocycles. The van der Waals surface area contributed by atoms with Crippen molar-refractivity contribution >= 4 is 8.32 Å². The lowest BCUT2D eigenvalue weighted by Crippen LogP contribution is -2.41. The Bertz CT molecular complexity index is 168. The fourth-order valence-corrected chi connectivity index (χ4v) is 1.05. The zero-order valence-electron chi connectivity index (χ0n) is 10.1. The summed E-state index contributed by atoms with van der Waals surface area (Å²) in [5.41, 5.74) is 0. The first-order chi connectivity index (χ1) is 6.20. The molecule has 4 nitrogen and oxygen atoms in total. The molecule has 0 saturated carbocycles. The third kappa shape index (κ3) is 4.52. The highest BCUT2D eigenvalue weighted by Crippen LogP contribution is 2.36. The molecule has 14 heavy (non-hydrogen) atoms. The van der Waals surface area contributed by atoms with Crippen LogP contribution in [0.5, 0.6) is 0 Å². The summed E-state index contributed by atoms with van der Waals surface area (Å²) in [5, 5.41) is 0.153. The lowest BCUT2D eigenvalue weighted by molar-refractivity contribution is -0.239. The van der Waals surface area contributed by atoms with Crippen molar-refractivity contribution in [3.05, 3.63) is 0 Å². The van der Waals surface area contributed by atoms with Crippen molar-refractivity contribution in [2.45, 2.75) is 51.9 Å². The zero-order chi connectivity index (χ0) is 11.4. The molecule has 0 aliphatic heterocycles. The van der Waals surface area contributed by atoms with Crippen LogP contribution in [-0.4, -0.2) is 21.0 Å². The molecule has 0 fully saturated rings. The van der Waals surface area contributed by atoms with Gasteiger partial charge >= 0.3 is 0 Å². The van der Waals surface area contributed by atoms with Crippen molar-refractivity contribution < 1.29 is 14.3 Å². The van der Waals surface area contributed by atoms with Crippen molar-refractivity contribution in [3.63, 3.8) is 0 Å². The van der Waals surface area contributed by atoms with Crippen LogP contribution < -0.4 is 5.90 Å². The molecule has 0 radical (unpaired) electrons. The quantitative estimate of drug-likeness (QED) is 0.439. The van der Waals surface area contributed by atoms with Gasteiger partial charge in [0.25, 0.3) is 0 Å². The highest BCUT2D eigenvalue weighted by molar-refractivity contribution is 6.73. The maximum Gasteiger partial charge on any atom is 0.238 e. The normalized spacial score (nSPS) is 15.6. The lowest BCUT2D eigenvalue weighted by atomic mass is 10.2. The monoisotopic (exact) mass is 221 g/mol. The molecule has 1 atom stereocenters. The van der Waals surface area contributed by atoms with Gasteiger partial charge in [-0.25, -0.2) is 10.8 Å². The maximum atomic E-state index is 5.47. The first-order valence-corrected chi connectivity index (χ1v) is 7.77. The average molecular weight is 221 g/mol. The van der Waals surface area contributed by atoms with E-state index >= 15 is 0 Å². The van der Waals surface area contributed by atoms with E-state index in [4.69, 9.17) is 15.4 Å². The van der Waals surface area contributed by atoms with Gasteiger partial charge in [0.15, 0.2) is 0 Å². The van der Waals surface area contributed by atoms with Gasteiger partial charge in [-0.05, 0) is 25.1 Å². The van der Waals surface area contributed by atoms with Crippen molar-refractivity contribution in [2.75, 3.05) is 6.61 Å². The molecule has 5 heteroatoms. The summed E-state index contributed by atoms with van der Waals surface area (Å²) in [6.07, 6.45) is -0.139. The molecule has 0 aromatic rings. The Balaban J connectivity index is 3.89. The van der Waals surface area contributed by atoms with Crippen LogP contribution in [-0.2, 0) is 14.3 Å². The van der Waals surface area contributed by atoms with E-state index in [1.165, 1.54) is 0 Å². The van der Waals surface area contributed by atoms with E-state index in [9.17, 15) is 0 Å². The van der Waals surface area contributed by atoms with Crippen LogP contribution in [0, 0.1) is 0 Å². The number of rotatable bonds is 5. The van der Waals surface area contributed by atoms with Crippen molar-refractivity contribution in [1.29, 1.82) is 0 Å². The number of nitrogens with two attached hydrogens (primary N) is 1. The van der Waals surface area contributed by atoms with E-state index in [2.05, 4.69) is 38.7 Å². The third-order valence-electron chi connectivity index (χ3n) is 2.61. The highest BCUT2D eigenvalue weighted by atomic mass is 28.4. The van der Waals surface area contributed by atoms with Gasteiger partial charge in [-0.1, -0.05) is 20.8 Å². The molecule has 1 unspecified atom stereocenters. The Morgan fingerprint density at radius 1 is 1.29 bits per heavy atom. The molecule has 0 spiro atoms. The molecule has 0 aliphatic rings. The summed E-state index contributed by atoms with van der Waals surface area (Å²) < 4.78 is 5.47. The van der Waals surface area contributed by atoms with Crippen LogP contribution in [0.3, 0.4) is 0 Å². The molecule has 0 bridgehead atoms. The first kappa shape index (κ1) is 14.1. The maximum absolute atomic E-state index is 5.47. The second-order valence-electron chi connectivity index (χ2n) is 5.07. The molecule has 2 N–H and O–H groups in total. The van der Waals surface area contributed by atoms with Crippen LogP contribution in [0.4, 0.5) is 0 Å². The van der Waals surface area contributed by atoms with Crippen LogP contribution in [0.1, 0.15) is 27.7 Å². The topological polar surface area (TPSA) is 53.7 Å². The number of hydrogen-bond donors (Lipinski definition) is 1.